The van der Waals surface area contributed by atoms with E-state index in [0.717, 1.165) is 42.3 Å². The molecule has 2 atom stereocenters. The van der Waals surface area contributed by atoms with E-state index in [1.807, 2.05) is 53.5 Å². The maximum absolute atomic E-state index is 13.5. The summed E-state index contributed by atoms with van der Waals surface area (Å²) in [6.45, 7) is 0.791. The molecule has 4 aliphatic rings. The van der Waals surface area contributed by atoms with Crippen molar-refractivity contribution in [3.05, 3.63) is 65.4 Å². The van der Waals surface area contributed by atoms with Crippen LogP contribution in [-0.4, -0.2) is 26.9 Å². The first-order valence-electron chi connectivity index (χ1n) is 11.3. The number of hydrogen-bond donors (Lipinski definition) is 0. The van der Waals surface area contributed by atoms with Gasteiger partial charge < -0.3 is 0 Å². The highest BCUT2D eigenvalue weighted by molar-refractivity contribution is 5.83. The van der Waals surface area contributed by atoms with Crippen LogP contribution in [0.1, 0.15) is 48.4 Å². The highest BCUT2D eigenvalue weighted by Crippen LogP contribution is 2.63. The number of aromatic nitrogens is 2. The van der Waals surface area contributed by atoms with E-state index in [2.05, 4.69) is 22.3 Å². The smallest absolute Gasteiger partial charge is 0.246 e. The third kappa shape index (κ3) is 3.12. The molecule has 7 nitrogen and oxygen atoms in total. The molecule has 33 heavy (non-hydrogen) atoms. The van der Waals surface area contributed by atoms with E-state index in [4.69, 9.17) is 5.26 Å². The molecular formula is C26H22N6O. The fourth-order valence-electron chi connectivity index (χ4n) is 6.11. The van der Waals surface area contributed by atoms with Gasteiger partial charge in [0, 0.05) is 30.5 Å². The fraction of sp³-hybridized carbons (Fsp3) is 0.346. The molecule has 162 valence electrons. The molecule has 2 bridgehead atoms. The summed E-state index contributed by atoms with van der Waals surface area (Å²) in [6, 6.07) is 17.4. The van der Waals surface area contributed by atoms with Crippen LogP contribution >= 0.6 is 0 Å². The molecule has 0 N–H and O–H groups in total. The Bertz CT molecular complexity index is 1380. The predicted molar refractivity (Wildman–Crippen MR) is 122 cm³/mol. The highest BCUT2D eigenvalue weighted by Gasteiger charge is 2.59. The second kappa shape index (κ2) is 7.28. The second-order valence-electron chi connectivity index (χ2n) is 9.64. The first-order valence-corrected chi connectivity index (χ1v) is 11.3. The van der Waals surface area contributed by atoms with Crippen molar-refractivity contribution in [2.75, 3.05) is 0 Å². The van der Waals surface area contributed by atoms with Crippen LogP contribution < -0.4 is 0 Å². The molecular weight excluding hydrogens is 412 g/mol. The number of amides is 1. The maximum atomic E-state index is 13.5. The first-order chi connectivity index (χ1) is 16.1. The van der Waals surface area contributed by atoms with Gasteiger partial charge in [0.2, 0.25) is 5.91 Å². The molecule has 1 aliphatic heterocycles. The predicted octanol–water partition coefficient (Wildman–Crippen LogP) is 4.16. The summed E-state index contributed by atoms with van der Waals surface area (Å²) < 4.78 is 2.03. The Labute approximate surface area is 191 Å². The van der Waals surface area contributed by atoms with Gasteiger partial charge >= 0.3 is 0 Å². The second-order valence-corrected chi connectivity index (χ2v) is 9.64. The highest BCUT2D eigenvalue weighted by atomic mass is 16.2. The topological polar surface area (TPSA) is 98.1 Å². The Morgan fingerprint density at radius 3 is 2.73 bits per heavy atom. The Balaban J connectivity index is 1.19. The lowest BCUT2D eigenvalue weighted by molar-refractivity contribution is -0.138. The van der Waals surface area contributed by atoms with E-state index in [0.29, 0.717) is 23.5 Å². The minimum atomic E-state index is -0.135. The van der Waals surface area contributed by atoms with Gasteiger partial charge in [-0.25, -0.2) is 5.01 Å². The van der Waals surface area contributed by atoms with Crippen molar-refractivity contribution in [3.8, 4) is 12.1 Å². The van der Waals surface area contributed by atoms with Crippen molar-refractivity contribution in [1.82, 2.24) is 14.8 Å². The summed E-state index contributed by atoms with van der Waals surface area (Å²) >= 11 is 0. The van der Waals surface area contributed by atoms with Crippen LogP contribution in [0.3, 0.4) is 0 Å². The van der Waals surface area contributed by atoms with Gasteiger partial charge in [0.15, 0.2) is 0 Å². The van der Waals surface area contributed by atoms with Crippen LogP contribution in [0.15, 0.2) is 53.8 Å². The minimum Gasteiger partial charge on any atom is -0.273 e. The van der Waals surface area contributed by atoms with Gasteiger partial charge in [-0.15, -0.1) is 0 Å². The number of nitriles is 2. The van der Waals surface area contributed by atoms with Crippen molar-refractivity contribution in [2.24, 2.45) is 22.4 Å². The van der Waals surface area contributed by atoms with E-state index in [-0.39, 0.29) is 23.3 Å². The zero-order chi connectivity index (χ0) is 22.6. The monoisotopic (exact) mass is 434 g/mol. The summed E-state index contributed by atoms with van der Waals surface area (Å²) in [5.41, 5.74) is 3.32. The molecule has 3 fully saturated rings. The van der Waals surface area contributed by atoms with E-state index in [1.54, 1.807) is 11.1 Å². The van der Waals surface area contributed by atoms with E-state index in [9.17, 15) is 10.1 Å². The Morgan fingerprint density at radius 1 is 1.09 bits per heavy atom. The van der Waals surface area contributed by atoms with Crippen LogP contribution in [0.5, 0.6) is 0 Å². The van der Waals surface area contributed by atoms with Gasteiger partial charge in [0.25, 0.3) is 0 Å². The van der Waals surface area contributed by atoms with Crippen molar-refractivity contribution < 1.29 is 4.79 Å². The number of carbonyl (C=O) groups excluding carboxylic acids is 1. The molecule has 2 unspecified atom stereocenters. The Kier molecular flexibility index (Phi) is 4.35. The first kappa shape index (κ1) is 19.7. The lowest BCUT2D eigenvalue weighted by Crippen LogP contribution is -2.35. The number of nitrogens with zero attached hydrogens (tertiary/aromatic N) is 6. The fourth-order valence-corrected chi connectivity index (χ4v) is 6.11. The Morgan fingerprint density at radius 2 is 1.91 bits per heavy atom. The van der Waals surface area contributed by atoms with Crippen molar-refractivity contribution >= 4 is 23.0 Å². The SMILES string of the molecule is N#Cc1cccc(C2CC=NN2C(=O)C2CC3(Cn4ncc5cc(C#N)ccc54)CC2C3)c1. The van der Waals surface area contributed by atoms with Gasteiger partial charge in [0.05, 0.1) is 41.0 Å². The van der Waals surface area contributed by atoms with E-state index < -0.39 is 0 Å². The van der Waals surface area contributed by atoms with Gasteiger partial charge in [-0.1, -0.05) is 12.1 Å². The summed E-state index contributed by atoms with van der Waals surface area (Å²) in [5.74, 6) is 0.477. The average molecular weight is 435 g/mol. The third-order valence-electron chi connectivity index (χ3n) is 7.64. The molecule has 7 heteroatoms. The zero-order valence-electron chi connectivity index (χ0n) is 18.1. The van der Waals surface area contributed by atoms with Crippen LogP contribution in [0.25, 0.3) is 10.9 Å². The van der Waals surface area contributed by atoms with E-state index >= 15 is 0 Å². The number of benzene rings is 2. The lowest BCUT2D eigenvalue weighted by atomic mass is 9.69. The summed E-state index contributed by atoms with van der Waals surface area (Å²) in [4.78, 5) is 13.5. The minimum absolute atomic E-state index is 0.0195. The van der Waals surface area contributed by atoms with E-state index in [1.165, 1.54) is 0 Å². The molecule has 2 heterocycles. The molecule has 0 radical (unpaired) electrons. The average Bonchev–Trinajstić information content (AvgIpc) is 3.61. The molecule has 1 amide bonds. The van der Waals surface area contributed by atoms with Crippen LogP contribution in [0.2, 0.25) is 0 Å². The lowest BCUT2D eigenvalue weighted by Gasteiger charge is -2.38. The number of hydrogen-bond acceptors (Lipinski definition) is 5. The largest absolute Gasteiger partial charge is 0.273 e. The van der Waals surface area contributed by atoms with Gasteiger partial charge in [-0.3, -0.25) is 9.48 Å². The quantitative estimate of drug-likeness (QED) is 0.616. The van der Waals surface area contributed by atoms with Crippen molar-refractivity contribution in [3.63, 3.8) is 0 Å². The van der Waals surface area contributed by atoms with Crippen molar-refractivity contribution in [2.45, 2.75) is 38.3 Å². The molecule has 3 aromatic rings. The maximum Gasteiger partial charge on any atom is 0.246 e. The summed E-state index contributed by atoms with van der Waals surface area (Å²) in [5, 5.41) is 30.0. The Hall–Kier alpha value is -3.97. The number of hydrazone groups is 1. The van der Waals surface area contributed by atoms with Crippen LogP contribution in [0.4, 0.5) is 0 Å². The molecule has 2 aromatic carbocycles. The standard InChI is InChI=1S/C26H22N6O/c27-13-17-2-1-3-19(8-17)24-6-7-29-32(24)25(33)22-12-26(10-21(22)11-26)16-31-23-5-4-18(14-28)9-20(23)15-30-31/h1-5,7-9,15,21-22,24H,6,10-12,16H2. The van der Waals surface area contributed by atoms with Gasteiger partial charge in [0.1, 0.15) is 0 Å². The van der Waals surface area contributed by atoms with Crippen LogP contribution in [-0.2, 0) is 11.3 Å². The zero-order valence-corrected chi connectivity index (χ0v) is 18.1. The van der Waals surface area contributed by atoms with Gasteiger partial charge in [-0.2, -0.15) is 20.7 Å². The summed E-state index contributed by atoms with van der Waals surface area (Å²) in [6.07, 6.45) is 7.22. The van der Waals surface area contributed by atoms with Gasteiger partial charge in [-0.05, 0) is 66.5 Å². The molecule has 3 aliphatic carbocycles. The third-order valence-corrected chi connectivity index (χ3v) is 7.64. The number of fused-ring (bicyclic) bond motifs is 2. The molecule has 3 saturated carbocycles. The van der Waals surface area contributed by atoms with Crippen LogP contribution in [0, 0.1) is 39.9 Å². The molecule has 7 rings (SSSR count). The molecule has 0 spiro atoms. The van der Waals surface area contributed by atoms with Crippen molar-refractivity contribution in [1.29, 1.82) is 10.5 Å². The number of carbonyl (C=O) groups is 1. The summed E-state index contributed by atoms with van der Waals surface area (Å²) in [7, 11) is 0. The molecule has 1 aromatic heterocycles. The number of rotatable bonds is 4. The normalized spacial score (nSPS) is 27.3. The molecule has 0 saturated heterocycles.